The van der Waals surface area contributed by atoms with Gasteiger partial charge in [0.1, 0.15) is 6.10 Å². The molecule has 0 radical (unpaired) electrons. The third kappa shape index (κ3) is 2.97. The Hall–Kier alpha value is -1.20. The summed E-state index contributed by atoms with van der Waals surface area (Å²) in [6.45, 7) is 2.00. The predicted molar refractivity (Wildman–Crippen MR) is 66.5 cm³/mol. The highest BCUT2D eigenvalue weighted by molar-refractivity contribution is 7.86. The van der Waals surface area contributed by atoms with Crippen molar-refractivity contribution in [3.63, 3.8) is 0 Å². The Morgan fingerprint density at radius 1 is 1.22 bits per heavy atom. The molecule has 0 heterocycles. The van der Waals surface area contributed by atoms with Gasteiger partial charge in [-0.15, -0.1) is 0 Å². The largest absolute Gasteiger partial charge is 0.297 e. The van der Waals surface area contributed by atoms with Crippen molar-refractivity contribution < 1.29 is 17.4 Å². The zero-order valence-corrected chi connectivity index (χ0v) is 11.0. The van der Waals surface area contributed by atoms with E-state index in [0.717, 1.165) is 6.42 Å². The summed E-state index contributed by atoms with van der Waals surface area (Å²) in [7, 11) is -3.84. The van der Waals surface area contributed by atoms with Crippen LogP contribution in [0, 0.1) is 5.92 Å². The highest BCUT2D eigenvalue weighted by atomic mass is 32.2. The van der Waals surface area contributed by atoms with Crippen molar-refractivity contribution in [3.8, 4) is 0 Å². The lowest BCUT2D eigenvalue weighted by Gasteiger charge is -2.24. The zero-order chi connectivity index (χ0) is 13.2. The first kappa shape index (κ1) is 13.2. The van der Waals surface area contributed by atoms with E-state index >= 15 is 0 Å². The van der Waals surface area contributed by atoms with Gasteiger partial charge in [-0.3, -0.25) is 8.98 Å². The Morgan fingerprint density at radius 3 is 2.56 bits per heavy atom. The van der Waals surface area contributed by atoms with Gasteiger partial charge in [-0.1, -0.05) is 25.1 Å². The van der Waals surface area contributed by atoms with Crippen LogP contribution in [0.5, 0.6) is 0 Å². The average molecular weight is 268 g/mol. The molecule has 0 amide bonds. The molecular weight excluding hydrogens is 252 g/mol. The van der Waals surface area contributed by atoms with Crippen LogP contribution < -0.4 is 0 Å². The van der Waals surface area contributed by atoms with Crippen molar-refractivity contribution in [1.29, 1.82) is 0 Å². The van der Waals surface area contributed by atoms with E-state index in [0.29, 0.717) is 18.8 Å². The van der Waals surface area contributed by atoms with Crippen LogP contribution in [0.2, 0.25) is 0 Å². The number of hydrogen-bond donors (Lipinski definition) is 0. The van der Waals surface area contributed by atoms with E-state index in [1.807, 2.05) is 6.92 Å². The fourth-order valence-corrected chi connectivity index (χ4v) is 3.15. The lowest BCUT2D eigenvalue weighted by atomic mass is 9.88. The normalized spacial score (nSPS) is 25.1. The summed E-state index contributed by atoms with van der Waals surface area (Å²) in [5.41, 5.74) is 0. The third-order valence-corrected chi connectivity index (χ3v) is 4.47. The molecule has 5 heteroatoms. The van der Waals surface area contributed by atoms with E-state index in [1.54, 1.807) is 18.2 Å². The molecular formula is C13H16O4S. The molecule has 0 aromatic heterocycles. The highest BCUT2D eigenvalue weighted by Crippen LogP contribution is 2.26. The van der Waals surface area contributed by atoms with Gasteiger partial charge in [-0.25, -0.2) is 0 Å². The van der Waals surface area contributed by atoms with Gasteiger partial charge >= 0.3 is 0 Å². The van der Waals surface area contributed by atoms with Gasteiger partial charge in [0, 0.05) is 6.42 Å². The fraction of sp³-hybridized carbons (Fsp3) is 0.462. The first-order chi connectivity index (χ1) is 8.49. The van der Waals surface area contributed by atoms with Gasteiger partial charge in [0.2, 0.25) is 0 Å². The standard InChI is InChI=1S/C13H16O4S/c1-10-7-8-12(14)13(9-10)17-18(15,16)11-5-3-2-4-6-11/h2-6,10,13H,7-9H2,1H3. The van der Waals surface area contributed by atoms with Gasteiger partial charge in [-0.05, 0) is 30.9 Å². The maximum atomic E-state index is 12.0. The Kier molecular flexibility index (Phi) is 3.82. The van der Waals surface area contributed by atoms with Crippen LogP contribution >= 0.6 is 0 Å². The van der Waals surface area contributed by atoms with Gasteiger partial charge in [0.15, 0.2) is 5.78 Å². The predicted octanol–water partition coefficient (Wildman–Crippen LogP) is 2.15. The summed E-state index contributed by atoms with van der Waals surface area (Å²) >= 11 is 0. The molecule has 0 N–H and O–H groups in total. The molecule has 0 bridgehead atoms. The minimum atomic E-state index is -3.84. The first-order valence-electron chi connectivity index (χ1n) is 6.00. The number of carbonyl (C=O) groups excluding carboxylic acids is 1. The Bertz CT molecular complexity index is 521. The lowest BCUT2D eigenvalue weighted by molar-refractivity contribution is -0.128. The van der Waals surface area contributed by atoms with Crippen LogP contribution in [0.15, 0.2) is 35.2 Å². The molecule has 4 nitrogen and oxygen atoms in total. The molecule has 98 valence electrons. The van der Waals surface area contributed by atoms with E-state index in [2.05, 4.69) is 0 Å². The van der Waals surface area contributed by atoms with Crippen molar-refractivity contribution in [1.82, 2.24) is 0 Å². The lowest BCUT2D eigenvalue weighted by Crippen LogP contribution is -2.33. The van der Waals surface area contributed by atoms with Crippen LogP contribution in [0.3, 0.4) is 0 Å². The molecule has 2 atom stereocenters. The maximum absolute atomic E-state index is 12.0. The van der Waals surface area contributed by atoms with Crippen molar-refractivity contribution in [2.24, 2.45) is 5.92 Å². The Balaban J connectivity index is 2.15. The van der Waals surface area contributed by atoms with Crippen LogP contribution in [0.25, 0.3) is 0 Å². The number of carbonyl (C=O) groups is 1. The van der Waals surface area contributed by atoms with Crippen molar-refractivity contribution in [2.45, 2.75) is 37.2 Å². The molecule has 0 saturated heterocycles. The summed E-state index contributed by atoms with van der Waals surface area (Å²) in [5.74, 6) is 0.200. The van der Waals surface area contributed by atoms with E-state index < -0.39 is 16.2 Å². The summed E-state index contributed by atoms with van der Waals surface area (Å²) in [6, 6.07) is 7.91. The molecule has 1 aromatic carbocycles. The molecule has 18 heavy (non-hydrogen) atoms. The smallest absolute Gasteiger partial charge is 0.297 e. The van der Waals surface area contributed by atoms with Gasteiger partial charge in [0.05, 0.1) is 4.90 Å². The van der Waals surface area contributed by atoms with Crippen LogP contribution in [0.1, 0.15) is 26.2 Å². The highest BCUT2D eigenvalue weighted by Gasteiger charge is 2.31. The third-order valence-electron chi connectivity index (χ3n) is 3.13. The topological polar surface area (TPSA) is 60.4 Å². The first-order valence-corrected chi connectivity index (χ1v) is 7.41. The van der Waals surface area contributed by atoms with Crippen molar-refractivity contribution in [2.75, 3.05) is 0 Å². The van der Waals surface area contributed by atoms with E-state index in [9.17, 15) is 13.2 Å². The monoisotopic (exact) mass is 268 g/mol. The van der Waals surface area contributed by atoms with Crippen molar-refractivity contribution >= 4 is 15.9 Å². The van der Waals surface area contributed by atoms with Gasteiger partial charge in [-0.2, -0.15) is 8.42 Å². The fourth-order valence-electron chi connectivity index (χ4n) is 2.05. The number of hydrogen-bond acceptors (Lipinski definition) is 4. The Morgan fingerprint density at radius 2 is 1.89 bits per heavy atom. The molecule has 2 rings (SSSR count). The van der Waals surface area contributed by atoms with E-state index in [1.165, 1.54) is 12.1 Å². The molecule has 1 aliphatic rings. The average Bonchev–Trinajstić information content (AvgIpc) is 2.35. The second-order valence-electron chi connectivity index (χ2n) is 4.70. The quantitative estimate of drug-likeness (QED) is 0.788. The number of ketones is 1. The molecule has 2 unspecified atom stereocenters. The number of benzene rings is 1. The summed E-state index contributed by atoms with van der Waals surface area (Å²) in [6.07, 6.45) is 0.865. The van der Waals surface area contributed by atoms with Crippen LogP contribution in [-0.4, -0.2) is 20.3 Å². The van der Waals surface area contributed by atoms with E-state index in [4.69, 9.17) is 4.18 Å². The molecule has 0 aliphatic heterocycles. The van der Waals surface area contributed by atoms with Gasteiger partial charge in [0.25, 0.3) is 10.1 Å². The number of Topliss-reactive ketones (excluding diaryl/α,β-unsaturated/α-hetero) is 1. The second-order valence-corrected chi connectivity index (χ2v) is 6.27. The molecule has 1 fully saturated rings. The molecule has 1 aromatic rings. The van der Waals surface area contributed by atoms with Crippen molar-refractivity contribution in [3.05, 3.63) is 30.3 Å². The summed E-state index contributed by atoms with van der Waals surface area (Å²) < 4.78 is 29.0. The SMILES string of the molecule is CC1CCC(=O)C(OS(=O)(=O)c2ccccc2)C1. The minimum absolute atomic E-state index is 0.0935. The molecule has 1 aliphatic carbocycles. The minimum Gasteiger partial charge on any atom is -0.297 e. The number of rotatable bonds is 3. The van der Waals surface area contributed by atoms with Crippen LogP contribution in [0.4, 0.5) is 0 Å². The van der Waals surface area contributed by atoms with Gasteiger partial charge < -0.3 is 0 Å². The summed E-state index contributed by atoms with van der Waals surface area (Å²) in [4.78, 5) is 11.8. The second kappa shape index (κ2) is 5.20. The summed E-state index contributed by atoms with van der Waals surface area (Å²) in [5, 5.41) is 0. The molecule has 0 spiro atoms. The maximum Gasteiger partial charge on any atom is 0.297 e. The Labute approximate surface area is 107 Å². The van der Waals surface area contributed by atoms with E-state index in [-0.39, 0.29) is 10.7 Å². The van der Waals surface area contributed by atoms with Crippen LogP contribution in [-0.2, 0) is 19.1 Å². The molecule has 1 saturated carbocycles. The zero-order valence-electron chi connectivity index (χ0n) is 10.2.